The van der Waals surface area contributed by atoms with Gasteiger partial charge in [-0.25, -0.2) is 0 Å². The number of unbranched alkanes of at least 4 members (excludes halogenated alkanes) is 8. The molecule has 0 fully saturated rings. The molecule has 2 N–H and O–H groups in total. The monoisotopic (exact) mass is 242 g/mol. The van der Waals surface area contributed by atoms with Crippen molar-refractivity contribution in [1.82, 2.24) is 10.6 Å². The molecule has 0 aromatic carbocycles. The molecule has 0 aliphatic heterocycles. The van der Waals surface area contributed by atoms with Crippen LogP contribution in [0.4, 0.5) is 0 Å². The average Bonchev–Trinajstić information content (AvgIpc) is 2.35. The van der Waals surface area contributed by atoms with Crippen molar-refractivity contribution in [3.63, 3.8) is 0 Å². The molecule has 0 aromatic heterocycles. The smallest absolute Gasteiger partial charge is 0.219 e. The lowest BCUT2D eigenvalue weighted by Crippen LogP contribution is -2.16. The highest BCUT2D eigenvalue weighted by Gasteiger charge is 1.97. The molecule has 0 radical (unpaired) electrons. The highest BCUT2D eigenvalue weighted by molar-refractivity contribution is 5.75. The zero-order valence-electron chi connectivity index (χ0n) is 11.7. The van der Waals surface area contributed by atoms with Crippen molar-refractivity contribution in [2.45, 2.75) is 64.2 Å². The lowest BCUT2D eigenvalue weighted by molar-refractivity contribution is -0.120. The van der Waals surface area contributed by atoms with Crippen molar-refractivity contribution in [3.05, 3.63) is 0 Å². The van der Waals surface area contributed by atoms with E-state index in [0.29, 0.717) is 6.42 Å². The molecule has 0 atom stereocenters. The van der Waals surface area contributed by atoms with E-state index in [1.807, 2.05) is 7.05 Å². The van der Waals surface area contributed by atoms with Crippen LogP contribution in [0.5, 0.6) is 0 Å². The van der Waals surface area contributed by atoms with E-state index < -0.39 is 0 Å². The van der Waals surface area contributed by atoms with Crippen molar-refractivity contribution in [2.75, 3.05) is 20.6 Å². The third kappa shape index (κ3) is 13.4. The predicted octanol–water partition coefficient (Wildman–Crippen LogP) is 2.85. The zero-order valence-corrected chi connectivity index (χ0v) is 11.7. The molecule has 102 valence electrons. The quantitative estimate of drug-likeness (QED) is 0.517. The van der Waals surface area contributed by atoms with Gasteiger partial charge in [-0.05, 0) is 26.4 Å². The van der Waals surface area contributed by atoms with E-state index >= 15 is 0 Å². The van der Waals surface area contributed by atoms with Crippen molar-refractivity contribution < 1.29 is 4.79 Å². The van der Waals surface area contributed by atoms with Crippen molar-refractivity contribution in [3.8, 4) is 0 Å². The van der Waals surface area contributed by atoms with E-state index in [9.17, 15) is 4.79 Å². The minimum atomic E-state index is 0.175. The highest BCUT2D eigenvalue weighted by atomic mass is 16.1. The lowest BCUT2D eigenvalue weighted by Gasteiger charge is -2.02. The number of hydrogen-bond donors (Lipinski definition) is 2. The van der Waals surface area contributed by atoms with Gasteiger partial charge in [-0.1, -0.05) is 44.9 Å². The van der Waals surface area contributed by atoms with Gasteiger partial charge in [0.05, 0.1) is 0 Å². The summed E-state index contributed by atoms with van der Waals surface area (Å²) in [6.45, 7) is 1.15. The minimum Gasteiger partial charge on any atom is -0.359 e. The highest BCUT2D eigenvalue weighted by Crippen LogP contribution is 2.10. The maximum Gasteiger partial charge on any atom is 0.219 e. The zero-order chi connectivity index (χ0) is 12.8. The molecule has 0 heterocycles. The Balaban J connectivity index is 2.96. The minimum absolute atomic E-state index is 0.175. The Labute approximate surface area is 107 Å². The Hall–Kier alpha value is -0.570. The van der Waals surface area contributed by atoms with E-state index in [1.54, 1.807) is 7.05 Å². The summed E-state index contributed by atoms with van der Waals surface area (Å²) in [6, 6.07) is 0. The van der Waals surface area contributed by atoms with Crippen LogP contribution in [-0.4, -0.2) is 26.5 Å². The standard InChI is InChI=1S/C14H30N2O/c1-15-13-11-9-7-5-3-4-6-8-10-12-14(17)16-2/h15H,3-13H2,1-2H3,(H,16,17). The first-order valence-corrected chi connectivity index (χ1v) is 7.16. The first-order valence-electron chi connectivity index (χ1n) is 7.16. The first-order chi connectivity index (χ1) is 8.31. The summed E-state index contributed by atoms with van der Waals surface area (Å²) < 4.78 is 0. The fourth-order valence-corrected chi connectivity index (χ4v) is 1.95. The van der Waals surface area contributed by atoms with Crippen LogP contribution in [0.25, 0.3) is 0 Å². The van der Waals surface area contributed by atoms with Gasteiger partial charge in [0.1, 0.15) is 0 Å². The van der Waals surface area contributed by atoms with Crippen molar-refractivity contribution >= 4 is 5.91 Å². The maximum absolute atomic E-state index is 11.0. The number of amides is 1. The summed E-state index contributed by atoms with van der Waals surface area (Å²) in [5.74, 6) is 0.175. The van der Waals surface area contributed by atoms with E-state index in [4.69, 9.17) is 0 Å². The number of nitrogens with one attached hydrogen (secondary N) is 2. The maximum atomic E-state index is 11.0. The van der Waals surface area contributed by atoms with Crippen LogP contribution in [0.2, 0.25) is 0 Å². The van der Waals surface area contributed by atoms with Crippen LogP contribution in [-0.2, 0) is 4.79 Å². The Morgan fingerprint density at radius 3 is 1.71 bits per heavy atom. The third-order valence-corrected chi connectivity index (χ3v) is 3.11. The molecule has 0 bridgehead atoms. The molecular weight excluding hydrogens is 212 g/mol. The van der Waals surface area contributed by atoms with Gasteiger partial charge in [-0.3, -0.25) is 4.79 Å². The summed E-state index contributed by atoms with van der Waals surface area (Å²) in [4.78, 5) is 11.0. The Bertz CT molecular complexity index is 172. The van der Waals surface area contributed by atoms with Gasteiger partial charge in [-0.15, -0.1) is 0 Å². The van der Waals surface area contributed by atoms with Crippen LogP contribution < -0.4 is 10.6 Å². The molecule has 3 heteroatoms. The van der Waals surface area contributed by atoms with Crippen LogP contribution in [0.15, 0.2) is 0 Å². The molecule has 0 aliphatic rings. The van der Waals surface area contributed by atoms with Crippen molar-refractivity contribution in [2.24, 2.45) is 0 Å². The topological polar surface area (TPSA) is 41.1 Å². The summed E-state index contributed by atoms with van der Waals surface area (Å²) >= 11 is 0. The van der Waals surface area contributed by atoms with Gasteiger partial charge in [-0.2, -0.15) is 0 Å². The first kappa shape index (κ1) is 16.4. The molecule has 0 unspecified atom stereocenters. The molecule has 0 saturated heterocycles. The fourth-order valence-electron chi connectivity index (χ4n) is 1.95. The van der Waals surface area contributed by atoms with Gasteiger partial charge < -0.3 is 10.6 Å². The summed E-state index contributed by atoms with van der Waals surface area (Å²) in [5.41, 5.74) is 0. The normalized spacial score (nSPS) is 10.5. The molecule has 0 aromatic rings. The van der Waals surface area contributed by atoms with Crippen LogP contribution >= 0.6 is 0 Å². The molecule has 0 aliphatic carbocycles. The molecule has 3 nitrogen and oxygen atoms in total. The van der Waals surface area contributed by atoms with Gasteiger partial charge in [0.2, 0.25) is 5.91 Å². The van der Waals surface area contributed by atoms with Crippen molar-refractivity contribution in [1.29, 1.82) is 0 Å². The summed E-state index contributed by atoms with van der Waals surface area (Å²) in [6.07, 6.45) is 12.3. The average molecular weight is 242 g/mol. The van der Waals surface area contributed by atoms with Gasteiger partial charge in [0.15, 0.2) is 0 Å². The third-order valence-electron chi connectivity index (χ3n) is 3.11. The lowest BCUT2D eigenvalue weighted by atomic mass is 10.1. The largest absolute Gasteiger partial charge is 0.359 e. The summed E-state index contributed by atoms with van der Waals surface area (Å²) in [5, 5.41) is 5.83. The molecule has 0 rings (SSSR count). The van der Waals surface area contributed by atoms with E-state index in [2.05, 4.69) is 10.6 Å². The van der Waals surface area contributed by atoms with Crippen LogP contribution in [0, 0.1) is 0 Å². The van der Waals surface area contributed by atoms with E-state index in [1.165, 1.54) is 51.4 Å². The van der Waals surface area contributed by atoms with E-state index in [-0.39, 0.29) is 5.91 Å². The van der Waals surface area contributed by atoms with Crippen LogP contribution in [0.3, 0.4) is 0 Å². The SMILES string of the molecule is CNCCCCCCCCCCCC(=O)NC. The van der Waals surface area contributed by atoms with E-state index in [0.717, 1.165) is 13.0 Å². The summed E-state index contributed by atoms with van der Waals surface area (Å²) in [7, 11) is 3.72. The second-order valence-electron chi connectivity index (χ2n) is 4.71. The Morgan fingerprint density at radius 2 is 1.24 bits per heavy atom. The fraction of sp³-hybridized carbons (Fsp3) is 0.929. The van der Waals surface area contributed by atoms with Gasteiger partial charge in [0.25, 0.3) is 0 Å². The Morgan fingerprint density at radius 1 is 0.765 bits per heavy atom. The van der Waals surface area contributed by atoms with Gasteiger partial charge >= 0.3 is 0 Å². The molecule has 1 amide bonds. The second-order valence-corrected chi connectivity index (χ2v) is 4.71. The number of rotatable bonds is 12. The second kappa shape index (κ2) is 13.5. The molecular formula is C14H30N2O. The molecule has 0 saturated carbocycles. The Kier molecular flexibility index (Phi) is 13.0. The van der Waals surface area contributed by atoms with Crippen LogP contribution in [0.1, 0.15) is 64.2 Å². The predicted molar refractivity (Wildman–Crippen MR) is 74.2 cm³/mol. The molecule has 0 spiro atoms. The number of hydrogen-bond acceptors (Lipinski definition) is 2. The number of carbonyl (C=O) groups excluding carboxylic acids is 1. The number of carbonyl (C=O) groups is 1. The molecule has 17 heavy (non-hydrogen) atoms. The van der Waals surface area contributed by atoms with Gasteiger partial charge in [0, 0.05) is 13.5 Å².